The Morgan fingerprint density at radius 2 is 1.71 bits per heavy atom. The molecule has 1 aliphatic rings. The van der Waals surface area contributed by atoms with Crippen LogP contribution < -0.4 is 5.32 Å². The fourth-order valence-electron chi connectivity index (χ4n) is 4.44. The average molecular weight is 488 g/mol. The molecule has 7 nitrogen and oxygen atoms in total. The quantitative estimate of drug-likeness (QED) is 0.453. The maximum Gasteiger partial charge on any atom is 0.264 e. The molecule has 35 heavy (non-hydrogen) atoms. The molecule has 0 radical (unpaired) electrons. The molecule has 1 fully saturated rings. The van der Waals surface area contributed by atoms with E-state index < -0.39 is 0 Å². The third-order valence-electron chi connectivity index (χ3n) is 6.66. The second-order valence-electron chi connectivity index (χ2n) is 9.03. The van der Waals surface area contributed by atoms with Crippen molar-refractivity contribution in [3.05, 3.63) is 76.3 Å². The number of carbonyl (C=O) groups excluding carboxylic acids is 2. The summed E-state index contributed by atoms with van der Waals surface area (Å²) in [4.78, 5) is 31.6. The van der Waals surface area contributed by atoms with Gasteiger partial charge >= 0.3 is 0 Å². The fourth-order valence-corrected chi connectivity index (χ4v) is 5.59. The summed E-state index contributed by atoms with van der Waals surface area (Å²) in [6.45, 7) is 8.91. The van der Waals surface area contributed by atoms with E-state index in [9.17, 15) is 9.59 Å². The summed E-state index contributed by atoms with van der Waals surface area (Å²) in [5, 5.41) is 8.71. The number of piperazine rings is 1. The lowest BCUT2D eigenvalue weighted by Gasteiger charge is -2.34. The third-order valence-corrected chi connectivity index (χ3v) is 7.76. The highest BCUT2D eigenvalue weighted by atomic mass is 32.1. The van der Waals surface area contributed by atoms with Crippen LogP contribution in [0.25, 0.3) is 15.9 Å². The number of anilines is 1. The highest BCUT2D eigenvalue weighted by Gasteiger charge is 2.26. The minimum Gasteiger partial charge on any atom is -0.335 e. The number of nitrogens with zero attached hydrogens (tertiary/aromatic N) is 4. The summed E-state index contributed by atoms with van der Waals surface area (Å²) >= 11 is 1.49. The van der Waals surface area contributed by atoms with Gasteiger partial charge in [-0.05, 0) is 56.2 Å². The van der Waals surface area contributed by atoms with Crippen LogP contribution in [0.3, 0.4) is 0 Å². The summed E-state index contributed by atoms with van der Waals surface area (Å²) < 4.78 is 1.92. The Hall–Kier alpha value is -3.49. The van der Waals surface area contributed by atoms with Crippen LogP contribution in [0.15, 0.2) is 54.6 Å². The smallest absolute Gasteiger partial charge is 0.264 e. The molecule has 8 heteroatoms. The molecule has 2 aromatic carbocycles. The number of nitrogens with one attached hydrogen (secondary N) is 1. The summed E-state index contributed by atoms with van der Waals surface area (Å²) in [6, 6.07) is 17.9. The Morgan fingerprint density at radius 1 is 0.971 bits per heavy atom. The first-order valence-electron chi connectivity index (χ1n) is 11.8. The van der Waals surface area contributed by atoms with Crippen LogP contribution in [0.2, 0.25) is 0 Å². The van der Waals surface area contributed by atoms with Gasteiger partial charge in [0.15, 0.2) is 0 Å². The van der Waals surface area contributed by atoms with E-state index in [1.807, 2.05) is 85.0 Å². The van der Waals surface area contributed by atoms with E-state index in [1.165, 1.54) is 11.3 Å². The molecule has 0 spiro atoms. The van der Waals surface area contributed by atoms with Crippen LogP contribution in [-0.2, 0) is 4.79 Å². The number of hydrogen-bond acceptors (Lipinski definition) is 5. The van der Waals surface area contributed by atoms with Gasteiger partial charge in [0.25, 0.3) is 5.91 Å². The Kier molecular flexibility index (Phi) is 6.40. The lowest BCUT2D eigenvalue weighted by atomic mass is 10.1. The maximum absolute atomic E-state index is 13.3. The maximum atomic E-state index is 13.3. The van der Waals surface area contributed by atoms with Gasteiger partial charge in [-0.1, -0.05) is 30.3 Å². The Morgan fingerprint density at radius 3 is 2.46 bits per heavy atom. The van der Waals surface area contributed by atoms with Crippen molar-refractivity contribution in [1.82, 2.24) is 19.6 Å². The fraction of sp³-hybridized carbons (Fsp3) is 0.296. The summed E-state index contributed by atoms with van der Waals surface area (Å²) in [5.74, 6) is 0.0219. The van der Waals surface area contributed by atoms with Gasteiger partial charge in [0.2, 0.25) is 5.91 Å². The number of thiophene rings is 1. The number of aryl methyl sites for hydroxylation is 2. The Labute approximate surface area is 209 Å². The number of benzene rings is 2. The molecule has 0 atom stereocenters. The Balaban J connectivity index is 1.21. The normalized spacial score (nSPS) is 14.4. The van der Waals surface area contributed by atoms with Crippen molar-refractivity contribution < 1.29 is 9.59 Å². The van der Waals surface area contributed by atoms with Crippen molar-refractivity contribution in [3.8, 4) is 5.69 Å². The molecule has 2 amide bonds. The number of hydrogen-bond donors (Lipinski definition) is 1. The largest absolute Gasteiger partial charge is 0.335 e. The third kappa shape index (κ3) is 4.72. The molecule has 2 aromatic heterocycles. The van der Waals surface area contributed by atoms with E-state index >= 15 is 0 Å². The average Bonchev–Trinajstić information content (AvgIpc) is 3.43. The topological polar surface area (TPSA) is 70.5 Å². The monoisotopic (exact) mass is 487 g/mol. The van der Waals surface area contributed by atoms with Crippen molar-refractivity contribution >= 4 is 39.1 Å². The van der Waals surface area contributed by atoms with Crippen molar-refractivity contribution in [2.75, 3.05) is 38.0 Å². The molecule has 0 saturated carbocycles. The molecule has 1 aliphatic heterocycles. The molecular weight excluding hydrogens is 458 g/mol. The molecule has 180 valence electrons. The molecular formula is C27H29N5O2S. The first kappa shape index (κ1) is 23.3. The molecule has 0 bridgehead atoms. The zero-order chi connectivity index (χ0) is 24.5. The van der Waals surface area contributed by atoms with Gasteiger partial charge in [0.1, 0.15) is 4.83 Å². The van der Waals surface area contributed by atoms with Gasteiger partial charge in [-0.2, -0.15) is 5.10 Å². The van der Waals surface area contributed by atoms with Crippen LogP contribution in [0.4, 0.5) is 5.69 Å². The predicted octanol–water partition coefficient (Wildman–Crippen LogP) is 4.41. The standard InChI is InChI=1S/C27H29N5O2S/c1-18-8-7-11-23(19(18)2)28-25(33)17-30-12-14-31(15-13-30)26(34)24-16-22-20(3)29-32(27(22)35-24)21-9-5-4-6-10-21/h4-11,16H,12-15,17H2,1-3H3,(H,28,33). The van der Waals surface area contributed by atoms with E-state index in [4.69, 9.17) is 0 Å². The van der Waals surface area contributed by atoms with Crippen LogP contribution >= 0.6 is 11.3 Å². The highest BCUT2D eigenvalue weighted by Crippen LogP contribution is 2.31. The van der Waals surface area contributed by atoms with Crippen LogP contribution in [0.5, 0.6) is 0 Å². The highest BCUT2D eigenvalue weighted by molar-refractivity contribution is 7.20. The molecule has 3 heterocycles. The van der Waals surface area contributed by atoms with Crippen molar-refractivity contribution in [3.63, 3.8) is 0 Å². The molecule has 5 rings (SSSR count). The minimum atomic E-state index is -0.0241. The second kappa shape index (κ2) is 9.64. The van der Waals surface area contributed by atoms with Crippen molar-refractivity contribution in [2.24, 2.45) is 0 Å². The molecule has 0 aliphatic carbocycles. The van der Waals surface area contributed by atoms with Crippen molar-refractivity contribution in [2.45, 2.75) is 20.8 Å². The van der Waals surface area contributed by atoms with E-state index in [1.54, 1.807) is 0 Å². The first-order chi connectivity index (χ1) is 16.9. The van der Waals surface area contributed by atoms with Crippen LogP contribution in [0.1, 0.15) is 26.5 Å². The van der Waals surface area contributed by atoms with E-state index in [0.29, 0.717) is 32.7 Å². The number of amides is 2. The summed E-state index contributed by atoms with van der Waals surface area (Å²) in [6.07, 6.45) is 0. The van der Waals surface area contributed by atoms with E-state index in [-0.39, 0.29) is 11.8 Å². The van der Waals surface area contributed by atoms with Crippen LogP contribution in [-0.4, -0.2) is 64.1 Å². The molecule has 1 saturated heterocycles. The molecule has 1 N–H and O–H groups in total. The lowest BCUT2D eigenvalue weighted by Crippen LogP contribution is -2.50. The zero-order valence-electron chi connectivity index (χ0n) is 20.2. The van der Waals surface area contributed by atoms with E-state index in [0.717, 1.165) is 43.3 Å². The molecule has 0 unspecified atom stereocenters. The lowest BCUT2D eigenvalue weighted by molar-refractivity contribution is -0.117. The van der Waals surface area contributed by atoms with Gasteiger partial charge in [-0.15, -0.1) is 11.3 Å². The van der Waals surface area contributed by atoms with E-state index in [2.05, 4.69) is 15.3 Å². The van der Waals surface area contributed by atoms with Crippen molar-refractivity contribution in [1.29, 1.82) is 0 Å². The number of fused-ring (bicyclic) bond motifs is 1. The predicted molar refractivity (Wildman–Crippen MR) is 141 cm³/mol. The first-order valence-corrected chi connectivity index (χ1v) is 12.6. The zero-order valence-corrected chi connectivity index (χ0v) is 21.1. The second-order valence-corrected chi connectivity index (χ2v) is 10.1. The van der Waals surface area contributed by atoms with Gasteiger partial charge in [0.05, 0.1) is 22.8 Å². The number of carbonyl (C=O) groups is 2. The summed E-state index contributed by atoms with van der Waals surface area (Å²) in [5.41, 5.74) is 5.00. The molecule has 4 aromatic rings. The van der Waals surface area contributed by atoms with Crippen LogP contribution in [0, 0.1) is 20.8 Å². The number of rotatable bonds is 5. The van der Waals surface area contributed by atoms with Gasteiger partial charge < -0.3 is 10.2 Å². The van der Waals surface area contributed by atoms with Gasteiger partial charge in [-0.25, -0.2) is 4.68 Å². The Bertz CT molecular complexity index is 1380. The minimum absolute atomic E-state index is 0.0241. The summed E-state index contributed by atoms with van der Waals surface area (Å²) in [7, 11) is 0. The number of aromatic nitrogens is 2. The van der Waals surface area contributed by atoms with Gasteiger partial charge in [0, 0.05) is 37.3 Å². The number of para-hydroxylation sites is 1. The SMILES string of the molecule is Cc1cccc(NC(=O)CN2CCN(C(=O)c3cc4c(C)nn(-c5ccccc5)c4s3)CC2)c1C. The van der Waals surface area contributed by atoms with Gasteiger partial charge in [-0.3, -0.25) is 14.5 Å².